The van der Waals surface area contributed by atoms with Crippen LogP contribution >= 0.6 is 0 Å². The lowest BCUT2D eigenvalue weighted by Gasteiger charge is -2.27. The Labute approximate surface area is 161 Å². The van der Waals surface area contributed by atoms with E-state index in [-0.39, 0.29) is 5.56 Å². The van der Waals surface area contributed by atoms with E-state index in [2.05, 4.69) is 32.1 Å². The van der Waals surface area contributed by atoms with E-state index in [1.54, 1.807) is 16.9 Å². The SMILES string of the molecule is O=c1c2c(nc3cc(C4CC4)[nH]n13)CN(Cc1ccc3nccnc3c1)CC2. The molecule has 0 saturated heterocycles. The summed E-state index contributed by atoms with van der Waals surface area (Å²) in [6.45, 7) is 2.36. The van der Waals surface area contributed by atoms with E-state index in [4.69, 9.17) is 4.98 Å². The third-order valence-corrected chi connectivity index (χ3v) is 5.82. The lowest BCUT2D eigenvalue weighted by Crippen LogP contribution is -2.36. The van der Waals surface area contributed by atoms with Crippen molar-refractivity contribution in [2.45, 2.75) is 38.3 Å². The molecule has 1 aliphatic carbocycles. The molecule has 1 aromatic carbocycles. The van der Waals surface area contributed by atoms with Gasteiger partial charge in [0.1, 0.15) is 0 Å². The van der Waals surface area contributed by atoms with Crippen molar-refractivity contribution in [1.29, 1.82) is 0 Å². The molecule has 4 aromatic rings. The first-order chi connectivity index (χ1) is 13.7. The molecule has 1 aliphatic heterocycles. The molecule has 1 N–H and O–H groups in total. The quantitative estimate of drug-likeness (QED) is 0.597. The van der Waals surface area contributed by atoms with Gasteiger partial charge in [0.25, 0.3) is 5.56 Å². The van der Waals surface area contributed by atoms with Crippen molar-refractivity contribution in [3.05, 3.63) is 69.5 Å². The Bertz CT molecular complexity index is 1270. The van der Waals surface area contributed by atoms with Crippen molar-refractivity contribution < 1.29 is 0 Å². The fourth-order valence-electron chi connectivity index (χ4n) is 4.17. The monoisotopic (exact) mass is 372 g/mol. The van der Waals surface area contributed by atoms with Crippen molar-refractivity contribution in [3.8, 4) is 0 Å². The summed E-state index contributed by atoms with van der Waals surface area (Å²) in [6.07, 6.45) is 6.56. The first kappa shape index (κ1) is 15.9. The maximum Gasteiger partial charge on any atom is 0.276 e. The third-order valence-electron chi connectivity index (χ3n) is 5.82. The zero-order valence-electron chi connectivity index (χ0n) is 15.4. The standard InChI is InChI=1S/C21H20N6O/c28-21-15-5-8-26(11-13-1-4-16-18(9-13)23-7-6-22-16)12-19(15)24-20-10-17(14-2-3-14)25-27(20)21/h1,4,6-7,9-10,14,25H,2-3,5,8,11-12H2. The Morgan fingerprint density at radius 1 is 1.11 bits per heavy atom. The fraction of sp³-hybridized carbons (Fsp3) is 0.333. The van der Waals surface area contributed by atoms with Crippen molar-refractivity contribution in [1.82, 2.24) is 29.5 Å². The normalized spacial score (nSPS) is 17.3. The number of benzene rings is 1. The van der Waals surface area contributed by atoms with Gasteiger partial charge in [0.2, 0.25) is 0 Å². The van der Waals surface area contributed by atoms with Crippen molar-refractivity contribution >= 4 is 16.7 Å². The van der Waals surface area contributed by atoms with Gasteiger partial charge in [-0.05, 0) is 37.0 Å². The van der Waals surface area contributed by atoms with Gasteiger partial charge in [0.15, 0.2) is 5.65 Å². The zero-order valence-corrected chi connectivity index (χ0v) is 15.4. The van der Waals surface area contributed by atoms with Gasteiger partial charge in [0.05, 0.1) is 16.7 Å². The number of fused-ring (bicyclic) bond motifs is 3. The van der Waals surface area contributed by atoms with Crippen molar-refractivity contribution in [3.63, 3.8) is 0 Å². The van der Waals surface area contributed by atoms with Gasteiger partial charge in [-0.3, -0.25) is 24.8 Å². The number of aromatic nitrogens is 5. The third kappa shape index (κ3) is 2.62. The Kier molecular flexibility index (Phi) is 3.40. The van der Waals surface area contributed by atoms with Crippen LogP contribution < -0.4 is 5.56 Å². The van der Waals surface area contributed by atoms with Gasteiger partial charge in [0, 0.05) is 55.3 Å². The van der Waals surface area contributed by atoms with Crippen LogP contribution in [0.4, 0.5) is 0 Å². The Morgan fingerprint density at radius 2 is 1.96 bits per heavy atom. The van der Waals surface area contributed by atoms with E-state index in [0.717, 1.165) is 53.1 Å². The Morgan fingerprint density at radius 3 is 2.82 bits per heavy atom. The second-order valence-corrected chi connectivity index (χ2v) is 7.86. The maximum absolute atomic E-state index is 12.9. The van der Waals surface area contributed by atoms with Gasteiger partial charge >= 0.3 is 0 Å². The van der Waals surface area contributed by atoms with E-state index >= 15 is 0 Å². The van der Waals surface area contributed by atoms with Crippen LogP contribution in [0.5, 0.6) is 0 Å². The summed E-state index contributed by atoms with van der Waals surface area (Å²) >= 11 is 0. The number of nitrogens with one attached hydrogen (secondary N) is 1. The van der Waals surface area contributed by atoms with E-state index < -0.39 is 0 Å². The lowest BCUT2D eigenvalue weighted by molar-refractivity contribution is 0.240. The molecule has 0 unspecified atom stereocenters. The molecule has 7 heteroatoms. The number of H-pyrrole nitrogens is 1. The summed E-state index contributed by atoms with van der Waals surface area (Å²) in [5.74, 6) is 0.575. The highest BCUT2D eigenvalue weighted by Gasteiger charge is 2.27. The number of hydrogen-bond acceptors (Lipinski definition) is 5. The molecule has 1 saturated carbocycles. The van der Waals surface area contributed by atoms with Crippen molar-refractivity contribution in [2.75, 3.05) is 6.54 Å². The van der Waals surface area contributed by atoms with Gasteiger partial charge < -0.3 is 0 Å². The van der Waals surface area contributed by atoms with Crippen LogP contribution in [0.15, 0.2) is 41.5 Å². The molecule has 2 aliphatic rings. The number of rotatable bonds is 3. The molecule has 4 heterocycles. The summed E-state index contributed by atoms with van der Waals surface area (Å²) < 4.78 is 1.63. The van der Waals surface area contributed by atoms with Gasteiger partial charge in [-0.25, -0.2) is 9.50 Å². The van der Waals surface area contributed by atoms with Crippen LogP contribution in [0, 0.1) is 0 Å². The van der Waals surface area contributed by atoms with Crippen LogP contribution in [0.2, 0.25) is 0 Å². The minimum atomic E-state index is 0.0625. The summed E-state index contributed by atoms with van der Waals surface area (Å²) in [5.41, 5.74) is 6.73. The number of aromatic amines is 1. The molecule has 0 bridgehead atoms. The highest BCUT2D eigenvalue weighted by molar-refractivity contribution is 5.74. The molecule has 140 valence electrons. The van der Waals surface area contributed by atoms with E-state index in [1.807, 2.05) is 12.1 Å². The fourth-order valence-corrected chi connectivity index (χ4v) is 4.17. The molecular formula is C21H20N6O. The summed E-state index contributed by atoms with van der Waals surface area (Å²) in [6, 6.07) is 8.26. The summed E-state index contributed by atoms with van der Waals surface area (Å²) in [5, 5.41) is 3.26. The Hall–Kier alpha value is -3.06. The first-order valence-electron chi connectivity index (χ1n) is 9.80. The van der Waals surface area contributed by atoms with Crippen LogP contribution in [0.3, 0.4) is 0 Å². The van der Waals surface area contributed by atoms with Gasteiger partial charge in [-0.2, -0.15) is 0 Å². The second-order valence-electron chi connectivity index (χ2n) is 7.86. The molecule has 0 atom stereocenters. The number of hydrogen-bond donors (Lipinski definition) is 1. The molecule has 1 fully saturated rings. The molecule has 3 aromatic heterocycles. The summed E-state index contributed by atoms with van der Waals surface area (Å²) in [4.78, 5) is 28.8. The largest absolute Gasteiger partial charge is 0.293 e. The Balaban J connectivity index is 1.30. The minimum absolute atomic E-state index is 0.0625. The minimum Gasteiger partial charge on any atom is -0.293 e. The molecule has 0 spiro atoms. The predicted octanol–water partition coefficient (Wildman–Crippen LogP) is 2.40. The predicted molar refractivity (Wildman–Crippen MR) is 105 cm³/mol. The smallest absolute Gasteiger partial charge is 0.276 e. The van der Waals surface area contributed by atoms with Gasteiger partial charge in [-0.1, -0.05) is 6.07 Å². The number of nitrogens with zero attached hydrogens (tertiary/aromatic N) is 5. The second kappa shape index (κ2) is 5.97. The van der Waals surface area contributed by atoms with Crippen molar-refractivity contribution in [2.24, 2.45) is 0 Å². The average Bonchev–Trinajstić information content (AvgIpc) is 3.48. The molecular weight excluding hydrogens is 352 g/mol. The zero-order chi connectivity index (χ0) is 18.7. The highest BCUT2D eigenvalue weighted by atomic mass is 16.1. The van der Waals surface area contributed by atoms with Crippen LogP contribution in [-0.2, 0) is 19.5 Å². The summed E-state index contributed by atoms with van der Waals surface area (Å²) in [7, 11) is 0. The van der Waals surface area contributed by atoms with E-state index in [0.29, 0.717) is 12.5 Å². The molecule has 7 nitrogen and oxygen atoms in total. The first-order valence-corrected chi connectivity index (χ1v) is 9.80. The molecule has 0 radical (unpaired) electrons. The lowest BCUT2D eigenvalue weighted by atomic mass is 10.1. The molecule has 6 rings (SSSR count). The highest BCUT2D eigenvalue weighted by Crippen LogP contribution is 2.39. The van der Waals surface area contributed by atoms with Crippen LogP contribution in [0.1, 0.15) is 41.3 Å². The van der Waals surface area contributed by atoms with Gasteiger partial charge in [-0.15, -0.1) is 0 Å². The maximum atomic E-state index is 12.9. The van der Waals surface area contributed by atoms with E-state index in [9.17, 15) is 4.79 Å². The van der Waals surface area contributed by atoms with Crippen LogP contribution in [0.25, 0.3) is 16.7 Å². The average molecular weight is 372 g/mol. The molecule has 0 amide bonds. The van der Waals surface area contributed by atoms with Crippen LogP contribution in [-0.4, -0.2) is 36.0 Å². The van der Waals surface area contributed by atoms with E-state index in [1.165, 1.54) is 18.4 Å². The topological polar surface area (TPSA) is 79.2 Å². The molecule has 28 heavy (non-hydrogen) atoms.